The van der Waals surface area contributed by atoms with Crippen molar-refractivity contribution >= 4 is 22.6 Å². The van der Waals surface area contributed by atoms with Gasteiger partial charge in [-0.15, -0.1) is 0 Å². The zero-order chi connectivity index (χ0) is 20.9. The van der Waals surface area contributed by atoms with Crippen molar-refractivity contribution < 1.29 is 4.74 Å². The largest absolute Gasteiger partial charge is 0.380 e. The van der Waals surface area contributed by atoms with Crippen molar-refractivity contribution in [3.05, 3.63) is 94.0 Å². The lowest BCUT2D eigenvalue weighted by atomic mass is 10.1. The highest BCUT2D eigenvalue weighted by molar-refractivity contribution is 6.30. The van der Waals surface area contributed by atoms with Crippen molar-refractivity contribution in [3.63, 3.8) is 0 Å². The van der Waals surface area contributed by atoms with E-state index in [2.05, 4.69) is 44.9 Å². The van der Waals surface area contributed by atoms with Gasteiger partial charge in [0.1, 0.15) is 11.7 Å². The highest BCUT2D eigenvalue weighted by atomic mass is 35.5. The molecule has 2 aromatic carbocycles. The molecule has 0 saturated carbocycles. The van der Waals surface area contributed by atoms with Gasteiger partial charge in [0.25, 0.3) is 0 Å². The van der Waals surface area contributed by atoms with Crippen LogP contribution in [-0.2, 0) is 30.7 Å². The van der Waals surface area contributed by atoms with Gasteiger partial charge in [0.2, 0.25) is 5.82 Å². The standard InChI is InChI=1S/C24H21ClN4O/c1-30-16-19-4-2-3-18(11-19)12-22-13-20-15-27-23(14-26)28-24(20)29(22)10-9-17-5-7-21(25)8-6-17/h2-8,11,13,15H,9-10,12,16H2,1H3. The second-order valence-corrected chi connectivity index (χ2v) is 7.61. The van der Waals surface area contributed by atoms with Crippen molar-refractivity contribution in [1.82, 2.24) is 14.5 Å². The summed E-state index contributed by atoms with van der Waals surface area (Å²) >= 11 is 6.01. The lowest BCUT2D eigenvalue weighted by Gasteiger charge is -2.11. The number of hydrogen-bond donors (Lipinski definition) is 0. The molecule has 5 nitrogen and oxygen atoms in total. The second kappa shape index (κ2) is 9.08. The van der Waals surface area contributed by atoms with E-state index in [1.807, 2.05) is 30.3 Å². The van der Waals surface area contributed by atoms with Crippen LogP contribution in [0.4, 0.5) is 0 Å². The summed E-state index contributed by atoms with van der Waals surface area (Å²) in [6.45, 7) is 1.34. The van der Waals surface area contributed by atoms with Gasteiger partial charge in [-0.2, -0.15) is 5.26 Å². The normalized spacial score (nSPS) is 11.0. The van der Waals surface area contributed by atoms with Gasteiger partial charge < -0.3 is 9.30 Å². The highest BCUT2D eigenvalue weighted by Gasteiger charge is 2.13. The molecular formula is C24H21ClN4O. The molecule has 0 unspecified atom stereocenters. The van der Waals surface area contributed by atoms with Gasteiger partial charge >= 0.3 is 0 Å². The van der Waals surface area contributed by atoms with Gasteiger partial charge in [-0.25, -0.2) is 9.97 Å². The summed E-state index contributed by atoms with van der Waals surface area (Å²) in [4.78, 5) is 8.62. The lowest BCUT2D eigenvalue weighted by molar-refractivity contribution is 0.185. The number of fused-ring (bicyclic) bond motifs is 1. The van der Waals surface area contributed by atoms with Crippen LogP contribution in [0.15, 0.2) is 60.8 Å². The van der Waals surface area contributed by atoms with Gasteiger partial charge in [0, 0.05) is 42.4 Å². The molecule has 4 rings (SSSR count). The molecule has 0 atom stereocenters. The Morgan fingerprint density at radius 2 is 1.87 bits per heavy atom. The first-order chi connectivity index (χ1) is 14.7. The van der Waals surface area contributed by atoms with Crippen LogP contribution >= 0.6 is 11.6 Å². The minimum atomic E-state index is 0.182. The first kappa shape index (κ1) is 20.1. The van der Waals surface area contributed by atoms with Crippen LogP contribution in [0, 0.1) is 11.3 Å². The van der Waals surface area contributed by atoms with E-state index in [-0.39, 0.29) is 5.82 Å². The predicted octanol–water partition coefficient (Wildman–Crippen LogP) is 4.94. The van der Waals surface area contributed by atoms with E-state index >= 15 is 0 Å². The molecule has 0 aliphatic rings. The van der Waals surface area contributed by atoms with Crippen LogP contribution < -0.4 is 0 Å². The molecule has 30 heavy (non-hydrogen) atoms. The Labute approximate surface area is 180 Å². The fourth-order valence-corrected chi connectivity index (χ4v) is 3.77. The summed E-state index contributed by atoms with van der Waals surface area (Å²) in [6, 6.07) is 20.4. The molecule has 0 bridgehead atoms. The number of halogens is 1. The first-order valence-electron chi connectivity index (χ1n) is 9.72. The van der Waals surface area contributed by atoms with Crippen LogP contribution in [0.1, 0.15) is 28.2 Å². The van der Waals surface area contributed by atoms with E-state index in [1.54, 1.807) is 13.3 Å². The first-order valence-corrected chi connectivity index (χ1v) is 10.1. The van der Waals surface area contributed by atoms with Gasteiger partial charge in [-0.3, -0.25) is 0 Å². The molecule has 0 radical (unpaired) electrons. The molecule has 0 fully saturated rings. The number of aryl methyl sites for hydroxylation is 2. The number of nitrogens with zero attached hydrogens (tertiary/aromatic N) is 4. The maximum Gasteiger partial charge on any atom is 0.234 e. The van der Waals surface area contributed by atoms with Crippen molar-refractivity contribution in [1.29, 1.82) is 5.26 Å². The molecule has 0 aliphatic carbocycles. The molecule has 0 spiro atoms. The molecular weight excluding hydrogens is 396 g/mol. The second-order valence-electron chi connectivity index (χ2n) is 7.18. The van der Waals surface area contributed by atoms with Crippen LogP contribution in [-0.4, -0.2) is 21.6 Å². The van der Waals surface area contributed by atoms with E-state index in [9.17, 15) is 5.26 Å². The molecule has 0 amide bonds. The van der Waals surface area contributed by atoms with E-state index in [0.717, 1.165) is 46.7 Å². The summed E-state index contributed by atoms with van der Waals surface area (Å²) in [5.74, 6) is 0.182. The Bertz CT molecular complexity index is 1210. The van der Waals surface area contributed by atoms with E-state index in [1.165, 1.54) is 11.1 Å². The quantitative estimate of drug-likeness (QED) is 0.428. The third kappa shape index (κ3) is 4.51. The van der Waals surface area contributed by atoms with E-state index in [4.69, 9.17) is 16.3 Å². The Morgan fingerprint density at radius 3 is 2.63 bits per heavy atom. The van der Waals surface area contributed by atoms with Crippen molar-refractivity contribution in [2.75, 3.05) is 7.11 Å². The monoisotopic (exact) mass is 416 g/mol. The minimum absolute atomic E-state index is 0.182. The summed E-state index contributed by atoms with van der Waals surface area (Å²) in [7, 11) is 1.70. The van der Waals surface area contributed by atoms with Crippen LogP contribution in [0.25, 0.3) is 11.0 Å². The van der Waals surface area contributed by atoms with Crippen LogP contribution in [0.3, 0.4) is 0 Å². The zero-order valence-electron chi connectivity index (χ0n) is 16.7. The fraction of sp³-hybridized carbons (Fsp3) is 0.208. The third-order valence-electron chi connectivity index (χ3n) is 5.05. The summed E-state index contributed by atoms with van der Waals surface area (Å²) in [5, 5.41) is 10.9. The molecule has 6 heteroatoms. The molecule has 150 valence electrons. The molecule has 0 aliphatic heterocycles. The third-order valence-corrected chi connectivity index (χ3v) is 5.30. The fourth-order valence-electron chi connectivity index (χ4n) is 3.64. The molecule has 4 aromatic rings. The lowest BCUT2D eigenvalue weighted by Crippen LogP contribution is -2.08. The van der Waals surface area contributed by atoms with Gasteiger partial charge in [-0.1, -0.05) is 48.0 Å². The summed E-state index contributed by atoms with van der Waals surface area (Å²) < 4.78 is 7.45. The number of aromatic nitrogens is 3. The predicted molar refractivity (Wildman–Crippen MR) is 117 cm³/mol. The minimum Gasteiger partial charge on any atom is -0.380 e. The van der Waals surface area contributed by atoms with Crippen LogP contribution in [0.5, 0.6) is 0 Å². The number of methoxy groups -OCH3 is 1. The highest BCUT2D eigenvalue weighted by Crippen LogP contribution is 2.22. The van der Waals surface area contributed by atoms with Gasteiger partial charge in [-0.05, 0) is 41.3 Å². The zero-order valence-corrected chi connectivity index (χ0v) is 17.4. The number of nitriles is 1. The Kier molecular flexibility index (Phi) is 6.08. The molecule has 0 N–H and O–H groups in total. The van der Waals surface area contributed by atoms with Gasteiger partial charge in [0.15, 0.2) is 0 Å². The average molecular weight is 417 g/mol. The van der Waals surface area contributed by atoms with Crippen LogP contribution in [0.2, 0.25) is 5.02 Å². The van der Waals surface area contributed by atoms with Crippen molar-refractivity contribution in [2.45, 2.75) is 26.0 Å². The van der Waals surface area contributed by atoms with Crippen molar-refractivity contribution in [2.24, 2.45) is 0 Å². The maximum atomic E-state index is 9.24. The molecule has 0 saturated heterocycles. The number of hydrogen-bond acceptors (Lipinski definition) is 4. The Morgan fingerprint density at radius 1 is 1.07 bits per heavy atom. The Balaban J connectivity index is 1.69. The summed E-state index contributed by atoms with van der Waals surface area (Å²) in [6.07, 6.45) is 3.32. The van der Waals surface area contributed by atoms with E-state index in [0.29, 0.717) is 6.61 Å². The molecule has 2 aromatic heterocycles. The average Bonchev–Trinajstić information content (AvgIpc) is 3.10. The smallest absolute Gasteiger partial charge is 0.234 e. The number of rotatable bonds is 7. The Hall–Kier alpha value is -3.20. The summed E-state index contributed by atoms with van der Waals surface area (Å²) in [5.41, 5.74) is 5.47. The maximum absolute atomic E-state index is 9.24. The van der Waals surface area contributed by atoms with E-state index < -0.39 is 0 Å². The topological polar surface area (TPSA) is 63.7 Å². The SMILES string of the molecule is COCc1cccc(Cc2cc3cnc(C#N)nc3n2CCc2ccc(Cl)cc2)c1. The number of benzene rings is 2. The number of ether oxygens (including phenoxy) is 1. The molecule has 2 heterocycles. The van der Waals surface area contributed by atoms with Crippen molar-refractivity contribution in [3.8, 4) is 6.07 Å². The van der Waals surface area contributed by atoms with Gasteiger partial charge in [0.05, 0.1) is 6.61 Å².